The maximum Gasteiger partial charge on any atom is 0.243 e. The molecule has 1 aromatic carbocycles. The highest BCUT2D eigenvalue weighted by atomic mass is 16.5. The first-order chi connectivity index (χ1) is 16.4. The number of likely N-dealkylation sites (tertiary alicyclic amines) is 1. The number of benzene rings is 1. The monoisotopic (exact) mass is 467 g/mol. The molecule has 0 bridgehead atoms. The summed E-state index contributed by atoms with van der Waals surface area (Å²) in [6, 6.07) is 7.63. The van der Waals surface area contributed by atoms with Crippen molar-refractivity contribution >= 4 is 17.7 Å². The molecule has 3 amide bonds. The van der Waals surface area contributed by atoms with Crippen LogP contribution >= 0.6 is 0 Å². The van der Waals surface area contributed by atoms with Crippen LogP contribution in [0.5, 0.6) is 0 Å². The molecule has 2 fully saturated rings. The Morgan fingerprint density at radius 2 is 1.62 bits per heavy atom. The van der Waals surface area contributed by atoms with Gasteiger partial charge in [-0.3, -0.25) is 24.2 Å². The fourth-order valence-electron chi connectivity index (χ4n) is 5.36. The highest BCUT2D eigenvalue weighted by Gasteiger charge is 2.51. The van der Waals surface area contributed by atoms with Crippen LogP contribution in [0.1, 0.15) is 50.3 Å². The van der Waals surface area contributed by atoms with Gasteiger partial charge in [0.2, 0.25) is 17.7 Å². The second kappa shape index (κ2) is 10.8. The van der Waals surface area contributed by atoms with Crippen molar-refractivity contribution in [2.45, 2.75) is 52.1 Å². The van der Waals surface area contributed by atoms with Crippen molar-refractivity contribution in [2.75, 3.05) is 32.8 Å². The number of nitrogens with zero attached hydrogens (tertiary/aromatic N) is 2. The number of nitrogens with one attached hydrogen (secondary N) is 1. The lowest BCUT2D eigenvalue weighted by atomic mass is 9.85. The van der Waals surface area contributed by atoms with E-state index in [0.717, 1.165) is 18.7 Å². The molecule has 34 heavy (non-hydrogen) atoms. The van der Waals surface area contributed by atoms with Gasteiger partial charge in [-0.25, -0.2) is 0 Å². The van der Waals surface area contributed by atoms with Crippen molar-refractivity contribution in [1.82, 2.24) is 15.1 Å². The molecule has 0 radical (unpaired) electrons. The van der Waals surface area contributed by atoms with E-state index in [-0.39, 0.29) is 41.5 Å². The third kappa shape index (κ3) is 5.26. The van der Waals surface area contributed by atoms with E-state index >= 15 is 0 Å². The zero-order valence-electron chi connectivity index (χ0n) is 20.5. The Labute approximate surface area is 202 Å². The molecule has 2 saturated heterocycles. The summed E-state index contributed by atoms with van der Waals surface area (Å²) in [6.07, 6.45) is 5.56. The highest BCUT2D eigenvalue weighted by Crippen LogP contribution is 2.37. The number of allylic oxidation sites excluding steroid dienone is 2. The van der Waals surface area contributed by atoms with E-state index in [1.165, 1.54) is 10.5 Å². The maximum absolute atomic E-state index is 13.5. The number of aryl methyl sites for hydroxylation is 1. The summed E-state index contributed by atoms with van der Waals surface area (Å²) < 4.78 is 5.53. The molecule has 0 saturated carbocycles. The number of carbonyl (C=O) groups excluding carboxylic acids is 3. The van der Waals surface area contributed by atoms with Crippen molar-refractivity contribution in [3.8, 4) is 0 Å². The first-order valence-electron chi connectivity index (χ1n) is 12.5. The average molecular weight is 468 g/mol. The number of hydrogen-bond donors (Lipinski definition) is 1. The van der Waals surface area contributed by atoms with Gasteiger partial charge in [0.15, 0.2) is 0 Å². The van der Waals surface area contributed by atoms with Crippen LogP contribution in [0.25, 0.3) is 0 Å². The minimum atomic E-state index is -0.769. The first kappa shape index (κ1) is 24.6. The minimum absolute atomic E-state index is 0.00455. The van der Waals surface area contributed by atoms with Crippen molar-refractivity contribution in [3.05, 3.63) is 47.5 Å². The summed E-state index contributed by atoms with van der Waals surface area (Å²) in [5.74, 6) is -1.11. The van der Waals surface area contributed by atoms with Crippen LogP contribution in [-0.2, 0) is 19.1 Å². The Morgan fingerprint density at radius 1 is 1.03 bits per heavy atom. The van der Waals surface area contributed by atoms with E-state index in [1.54, 1.807) is 0 Å². The van der Waals surface area contributed by atoms with E-state index in [2.05, 4.69) is 41.4 Å². The third-order valence-electron chi connectivity index (χ3n) is 7.27. The van der Waals surface area contributed by atoms with Crippen LogP contribution in [-0.4, -0.2) is 66.4 Å². The normalized spacial score (nSPS) is 24.9. The number of ether oxygens (including phenoxy) is 1. The van der Waals surface area contributed by atoms with Crippen molar-refractivity contribution in [3.63, 3.8) is 0 Å². The van der Waals surface area contributed by atoms with Gasteiger partial charge >= 0.3 is 0 Å². The minimum Gasteiger partial charge on any atom is -0.379 e. The topological polar surface area (TPSA) is 79.0 Å². The summed E-state index contributed by atoms with van der Waals surface area (Å²) in [7, 11) is 0. The van der Waals surface area contributed by atoms with E-state index in [1.807, 2.05) is 26.0 Å². The SMILES string of the molecule is Cc1ccc(C(CNC(=O)C(CC(C)C)N2C(=O)C3CC=CCC3C2=O)N2CCOCC2)cc1. The fraction of sp³-hybridized carbons (Fsp3) is 0.593. The van der Waals surface area contributed by atoms with Gasteiger partial charge < -0.3 is 10.1 Å². The molecule has 4 atom stereocenters. The lowest BCUT2D eigenvalue weighted by molar-refractivity contribution is -0.148. The third-order valence-corrected chi connectivity index (χ3v) is 7.27. The van der Waals surface area contributed by atoms with Gasteiger partial charge in [0.25, 0.3) is 0 Å². The van der Waals surface area contributed by atoms with Crippen LogP contribution in [0.3, 0.4) is 0 Å². The van der Waals surface area contributed by atoms with Gasteiger partial charge in [-0.1, -0.05) is 55.8 Å². The number of carbonyl (C=O) groups is 3. The van der Waals surface area contributed by atoms with Crippen LogP contribution in [0, 0.1) is 24.7 Å². The Bertz CT molecular complexity index is 894. The molecule has 4 unspecified atom stereocenters. The molecule has 1 aromatic rings. The molecule has 0 aromatic heterocycles. The van der Waals surface area contributed by atoms with Gasteiger partial charge in [-0.15, -0.1) is 0 Å². The zero-order chi connectivity index (χ0) is 24.2. The van der Waals surface area contributed by atoms with E-state index < -0.39 is 6.04 Å². The molecule has 7 heteroatoms. The summed E-state index contributed by atoms with van der Waals surface area (Å²) in [4.78, 5) is 43.5. The smallest absolute Gasteiger partial charge is 0.243 e. The molecule has 184 valence electrons. The molecule has 2 aliphatic heterocycles. The van der Waals surface area contributed by atoms with E-state index in [9.17, 15) is 14.4 Å². The molecule has 4 rings (SSSR count). The van der Waals surface area contributed by atoms with Gasteiger partial charge in [0.1, 0.15) is 6.04 Å². The molecular weight excluding hydrogens is 430 g/mol. The van der Waals surface area contributed by atoms with Crippen molar-refractivity contribution < 1.29 is 19.1 Å². The number of fused-ring (bicyclic) bond motifs is 1. The summed E-state index contributed by atoms with van der Waals surface area (Å²) >= 11 is 0. The predicted molar refractivity (Wildman–Crippen MR) is 130 cm³/mol. The van der Waals surface area contributed by atoms with Crippen LogP contribution < -0.4 is 5.32 Å². The molecule has 1 N–H and O–H groups in total. The van der Waals surface area contributed by atoms with Crippen LogP contribution in [0.4, 0.5) is 0 Å². The van der Waals surface area contributed by atoms with Crippen molar-refractivity contribution in [2.24, 2.45) is 17.8 Å². The molecule has 7 nitrogen and oxygen atoms in total. The van der Waals surface area contributed by atoms with E-state index in [4.69, 9.17) is 4.74 Å². The number of rotatable bonds is 8. The Hall–Kier alpha value is -2.51. The Kier molecular flexibility index (Phi) is 7.84. The molecule has 2 heterocycles. The first-order valence-corrected chi connectivity index (χ1v) is 12.5. The highest BCUT2D eigenvalue weighted by molar-refractivity contribution is 6.08. The Morgan fingerprint density at radius 3 is 2.18 bits per heavy atom. The van der Waals surface area contributed by atoms with E-state index in [0.29, 0.717) is 39.0 Å². The number of morpholine rings is 1. The Balaban J connectivity index is 1.51. The van der Waals surface area contributed by atoms with Gasteiger partial charge in [-0.2, -0.15) is 0 Å². The van der Waals surface area contributed by atoms with Crippen molar-refractivity contribution in [1.29, 1.82) is 0 Å². The number of imide groups is 1. The summed E-state index contributed by atoms with van der Waals surface area (Å²) in [5, 5.41) is 3.11. The fourth-order valence-corrected chi connectivity index (χ4v) is 5.36. The summed E-state index contributed by atoms with van der Waals surface area (Å²) in [5.41, 5.74) is 2.33. The lowest BCUT2D eigenvalue weighted by Crippen LogP contribution is -2.52. The molecular formula is C27H37N3O4. The average Bonchev–Trinajstić information content (AvgIpc) is 3.09. The molecule has 3 aliphatic rings. The molecule has 0 spiro atoms. The second-order valence-electron chi connectivity index (χ2n) is 10.2. The number of hydrogen-bond acceptors (Lipinski definition) is 5. The zero-order valence-corrected chi connectivity index (χ0v) is 20.5. The largest absolute Gasteiger partial charge is 0.379 e. The van der Waals surface area contributed by atoms with Crippen LogP contribution in [0.15, 0.2) is 36.4 Å². The quantitative estimate of drug-likeness (QED) is 0.470. The van der Waals surface area contributed by atoms with Gasteiger partial charge in [-0.05, 0) is 37.7 Å². The standard InChI is InChI=1S/C27H37N3O4/c1-18(2)16-23(30-26(32)21-6-4-5-7-22(21)27(30)33)25(31)28-17-24(29-12-14-34-15-13-29)20-10-8-19(3)9-11-20/h4-5,8-11,18,21-24H,6-7,12-17H2,1-3H3,(H,28,31). The summed E-state index contributed by atoms with van der Waals surface area (Å²) in [6.45, 7) is 9.43. The lowest BCUT2D eigenvalue weighted by Gasteiger charge is -2.35. The van der Waals surface area contributed by atoms with Crippen LogP contribution in [0.2, 0.25) is 0 Å². The number of amides is 3. The predicted octanol–water partition coefficient (Wildman–Crippen LogP) is 2.85. The van der Waals surface area contributed by atoms with Gasteiger partial charge in [0, 0.05) is 19.6 Å². The molecule has 1 aliphatic carbocycles. The second-order valence-corrected chi connectivity index (χ2v) is 10.2. The maximum atomic E-state index is 13.5. The van der Waals surface area contributed by atoms with Gasteiger partial charge in [0.05, 0.1) is 31.1 Å².